The van der Waals surface area contributed by atoms with Crippen molar-refractivity contribution in [3.05, 3.63) is 76.5 Å². The Hall–Kier alpha value is -4.46. The van der Waals surface area contributed by atoms with E-state index in [0.717, 1.165) is 11.3 Å². The van der Waals surface area contributed by atoms with Crippen LogP contribution in [-0.4, -0.2) is 39.7 Å². The molecule has 8 nitrogen and oxygen atoms in total. The molecule has 4 rings (SSSR count). The Bertz CT molecular complexity index is 1310. The largest absolute Gasteiger partial charge is 0.494 e. The number of Topliss-reactive ketones (excluding diaryl/α,β-unsaturated/α-hetero) is 1. The number of hydrogen-bond donors (Lipinski definition) is 0. The zero-order valence-electron chi connectivity index (χ0n) is 20.7. The zero-order valence-corrected chi connectivity index (χ0v) is 20.7. The Balaban J connectivity index is 1.58. The van der Waals surface area contributed by atoms with Crippen LogP contribution in [-0.2, 0) is 0 Å². The molecule has 0 amide bonds. The maximum atomic E-state index is 12.9. The van der Waals surface area contributed by atoms with Crippen LogP contribution in [0.25, 0.3) is 6.08 Å². The SMILES string of the molecule is CCOc1ccc(/C=C2\Oc3c(ccc(OC(=O)c4cc(OC)c(OC)c(OC)c4)c3C)C2=O)cc1. The van der Waals surface area contributed by atoms with Crippen LogP contribution in [0.4, 0.5) is 0 Å². The molecule has 0 saturated carbocycles. The second-order valence-electron chi connectivity index (χ2n) is 7.81. The number of hydrogen-bond acceptors (Lipinski definition) is 8. The minimum atomic E-state index is -0.633. The number of methoxy groups -OCH3 is 3. The van der Waals surface area contributed by atoms with E-state index in [4.69, 9.17) is 28.4 Å². The number of esters is 1. The minimum absolute atomic E-state index is 0.186. The van der Waals surface area contributed by atoms with Gasteiger partial charge in [0.05, 0.1) is 39.1 Å². The van der Waals surface area contributed by atoms with Gasteiger partial charge in [-0.25, -0.2) is 4.79 Å². The fourth-order valence-corrected chi connectivity index (χ4v) is 3.81. The van der Waals surface area contributed by atoms with Crippen molar-refractivity contribution in [2.75, 3.05) is 27.9 Å². The highest BCUT2D eigenvalue weighted by Gasteiger charge is 2.31. The summed E-state index contributed by atoms with van der Waals surface area (Å²) in [4.78, 5) is 25.9. The van der Waals surface area contributed by atoms with E-state index < -0.39 is 5.97 Å². The fourth-order valence-electron chi connectivity index (χ4n) is 3.81. The van der Waals surface area contributed by atoms with Crippen LogP contribution in [0, 0.1) is 6.92 Å². The monoisotopic (exact) mass is 490 g/mol. The Morgan fingerprint density at radius 2 is 1.58 bits per heavy atom. The van der Waals surface area contributed by atoms with E-state index in [1.54, 1.807) is 25.1 Å². The van der Waals surface area contributed by atoms with E-state index in [9.17, 15) is 9.59 Å². The average molecular weight is 491 g/mol. The van der Waals surface area contributed by atoms with E-state index >= 15 is 0 Å². The van der Waals surface area contributed by atoms with Crippen LogP contribution in [0.1, 0.15) is 38.8 Å². The first-order valence-corrected chi connectivity index (χ1v) is 11.2. The van der Waals surface area contributed by atoms with Gasteiger partial charge in [0.2, 0.25) is 11.5 Å². The lowest BCUT2D eigenvalue weighted by atomic mass is 10.1. The second-order valence-corrected chi connectivity index (χ2v) is 7.81. The fraction of sp³-hybridized carbons (Fsp3) is 0.214. The van der Waals surface area contributed by atoms with Gasteiger partial charge in [-0.15, -0.1) is 0 Å². The minimum Gasteiger partial charge on any atom is -0.494 e. The summed E-state index contributed by atoms with van der Waals surface area (Å²) in [7, 11) is 4.40. The topological polar surface area (TPSA) is 89.5 Å². The molecule has 0 bridgehead atoms. The van der Waals surface area contributed by atoms with Gasteiger partial charge in [-0.05, 0) is 61.9 Å². The summed E-state index contributed by atoms with van der Waals surface area (Å²) in [6, 6.07) is 13.5. The molecule has 0 aromatic heterocycles. The highest BCUT2D eigenvalue weighted by Crippen LogP contribution is 2.41. The van der Waals surface area contributed by atoms with E-state index in [1.165, 1.54) is 33.5 Å². The van der Waals surface area contributed by atoms with Crippen molar-refractivity contribution >= 4 is 17.8 Å². The lowest BCUT2D eigenvalue weighted by Gasteiger charge is -2.14. The van der Waals surface area contributed by atoms with Gasteiger partial charge in [0.25, 0.3) is 0 Å². The number of allylic oxidation sites excluding steroid dienone is 1. The molecule has 0 radical (unpaired) electrons. The predicted molar refractivity (Wildman–Crippen MR) is 133 cm³/mol. The van der Waals surface area contributed by atoms with Crippen molar-refractivity contribution in [1.29, 1.82) is 0 Å². The van der Waals surface area contributed by atoms with Crippen molar-refractivity contribution in [3.63, 3.8) is 0 Å². The van der Waals surface area contributed by atoms with Gasteiger partial charge >= 0.3 is 5.97 Å². The number of ketones is 1. The molecule has 1 aliphatic heterocycles. The number of carbonyl (C=O) groups is 2. The van der Waals surface area contributed by atoms with E-state index in [-0.39, 0.29) is 22.9 Å². The molecule has 3 aromatic carbocycles. The van der Waals surface area contributed by atoms with Crippen molar-refractivity contribution in [2.45, 2.75) is 13.8 Å². The van der Waals surface area contributed by atoms with Crippen molar-refractivity contribution < 1.29 is 38.0 Å². The maximum Gasteiger partial charge on any atom is 0.343 e. The molecular weight excluding hydrogens is 464 g/mol. The van der Waals surface area contributed by atoms with E-state index in [0.29, 0.717) is 40.7 Å². The third-order valence-electron chi connectivity index (χ3n) is 5.63. The summed E-state index contributed by atoms with van der Waals surface area (Å²) >= 11 is 0. The first-order chi connectivity index (χ1) is 17.4. The predicted octanol–water partition coefficient (Wildman–Crippen LogP) is 5.25. The van der Waals surface area contributed by atoms with Gasteiger partial charge < -0.3 is 28.4 Å². The van der Waals surface area contributed by atoms with Crippen molar-refractivity contribution in [2.24, 2.45) is 0 Å². The normalized spacial score (nSPS) is 13.1. The van der Waals surface area contributed by atoms with Gasteiger partial charge in [0.1, 0.15) is 17.2 Å². The molecule has 0 fully saturated rings. The second kappa shape index (κ2) is 10.4. The zero-order chi connectivity index (χ0) is 25.8. The first kappa shape index (κ1) is 24.7. The smallest absolute Gasteiger partial charge is 0.343 e. The van der Waals surface area contributed by atoms with Gasteiger partial charge in [0, 0.05) is 5.56 Å². The Morgan fingerprint density at radius 3 is 2.17 bits per heavy atom. The number of ether oxygens (including phenoxy) is 6. The number of rotatable bonds is 8. The van der Waals surface area contributed by atoms with Crippen LogP contribution in [0.3, 0.4) is 0 Å². The van der Waals surface area contributed by atoms with E-state index in [2.05, 4.69) is 0 Å². The molecule has 0 spiro atoms. The molecule has 186 valence electrons. The van der Waals surface area contributed by atoms with Crippen molar-refractivity contribution in [3.8, 4) is 34.5 Å². The molecular formula is C28H26O8. The van der Waals surface area contributed by atoms with Gasteiger partial charge in [-0.3, -0.25) is 4.79 Å². The Kier molecular flexibility index (Phi) is 7.15. The summed E-state index contributed by atoms with van der Waals surface area (Å²) in [5.74, 6) is 1.69. The summed E-state index contributed by atoms with van der Waals surface area (Å²) in [5.41, 5.74) is 1.92. The quantitative estimate of drug-likeness (QED) is 0.240. The van der Waals surface area contributed by atoms with Crippen LogP contribution in [0.5, 0.6) is 34.5 Å². The number of fused-ring (bicyclic) bond motifs is 1. The highest BCUT2D eigenvalue weighted by molar-refractivity contribution is 6.15. The molecule has 0 unspecified atom stereocenters. The lowest BCUT2D eigenvalue weighted by Crippen LogP contribution is -2.10. The van der Waals surface area contributed by atoms with Crippen LogP contribution < -0.4 is 28.4 Å². The molecule has 36 heavy (non-hydrogen) atoms. The summed E-state index contributed by atoms with van der Waals surface area (Å²) in [5, 5.41) is 0. The summed E-state index contributed by atoms with van der Waals surface area (Å²) in [6.45, 7) is 4.21. The van der Waals surface area contributed by atoms with Crippen LogP contribution >= 0.6 is 0 Å². The summed E-state index contributed by atoms with van der Waals surface area (Å²) < 4.78 is 32.9. The molecule has 8 heteroatoms. The maximum absolute atomic E-state index is 12.9. The van der Waals surface area contributed by atoms with Crippen LogP contribution in [0.2, 0.25) is 0 Å². The lowest BCUT2D eigenvalue weighted by molar-refractivity contribution is 0.0732. The van der Waals surface area contributed by atoms with Crippen molar-refractivity contribution in [1.82, 2.24) is 0 Å². The van der Waals surface area contributed by atoms with Gasteiger partial charge in [-0.1, -0.05) is 12.1 Å². The number of benzene rings is 3. The highest BCUT2D eigenvalue weighted by atomic mass is 16.5. The van der Waals surface area contributed by atoms with E-state index in [1.807, 2.05) is 31.2 Å². The molecule has 3 aromatic rings. The Morgan fingerprint density at radius 1 is 0.917 bits per heavy atom. The standard InChI is InChI=1S/C28H26O8/c1-6-34-19-9-7-17(8-10-19)13-22-25(29)20-11-12-21(16(2)26(20)35-22)36-28(30)18-14-23(31-3)27(33-5)24(15-18)32-4/h7-15H,6H2,1-5H3/b22-13-. The number of carbonyl (C=O) groups excluding carboxylic acids is 2. The first-order valence-electron chi connectivity index (χ1n) is 11.2. The molecule has 0 aliphatic carbocycles. The third kappa shape index (κ3) is 4.70. The van der Waals surface area contributed by atoms with Crippen LogP contribution in [0.15, 0.2) is 54.3 Å². The summed E-state index contributed by atoms with van der Waals surface area (Å²) in [6.07, 6.45) is 1.67. The average Bonchev–Trinajstić information content (AvgIpc) is 3.21. The van der Waals surface area contributed by atoms with Gasteiger partial charge in [-0.2, -0.15) is 0 Å². The molecule has 1 aliphatic rings. The molecule has 0 N–H and O–H groups in total. The molecule has 0 saturated heterocycles. The molecule has 1 heterocycles. The third-order valence-corrected chi connectivity index (χ3v) is 5.63. The molecule has 0 atom stereocenters. The Labute approximate surface area is 209 Å². The van der Waals surface area contributed by atoms with Gasteiger partial charge in [0.15, 0.2) is 17.3 Å².